The number of carbonyl (C=O) groups is 1. The SMILES string of the molecule is CC(=O)Nc1ccc(S(=O)(=O)N(C)Cc2nccs2)cc1. The lowest BCUT2D eigenvalue weighted by Crippen LogP contribution is -2.26. The van der Waals surface area contributed by atoms with E-state index in [9.17, 15) is 13.2 Å². The molecule has 1 amide bonds. The Kier molecular flexibility index (Phi) is 4.71. The van der Waals surface area contributed by atoms with Crippen molar-refractivity contribution >= 4 is 33.0 Å². The Morgan fingerprint density at radius 2 is 2.00 bits per heavy atom. The molecule has 0 aliphatic carbocycles. The Bertz CT molecular complexity index is 710. The maximum Gasteiger partial charge on any atom is 0.243 e. The molecule has 0 spiro atoms. The molecule has 1 N–H and O–H groups in total. The van der Waals surface area contributed by atoms with Crippen molar-refractivity contribution in [3.05, 3.63) is 40.8 Å². The largest absolute Gasteiger partial charge is 0.326 e. The van der Waals surface area contributed by atoms with Crippen molar-refractivity contribution in [1.82, 2.24) is 9.29 Å². The molecular formula is C13H15N3O3S2. The van der Waals surface area contributed by atoms with Crippen LogP contribution in [0.2, 0.25) is 0 Å². The van der Waals surface area contributed by atoms with Crippen molar-refractivity contribution in [3.8, 4) is 0 Å². The summed E-state index contributed by atoms with van der Waals surface area (Å²) in [6.07, 6.45) is 1.64. The summed E-state index contributed by atoms with van der Waals surface area (Å²) in [7, 11) is -2.06. The van der Waals surface area contributed by atoms with E-state index in [1.54, 1.807) is 23.7 Å². The van der Waals surface area contributed by atoms with Crippen LogP contribution in [0.15, 0.2) is 40.7 Å². The summed E-state index contributed by atoms with van der Waals surface area (Å²) in [6.45, 7) is 1.62. The van der Waals surface area contributed by atoms with E-state index in [0.717, 1.165) is 5.01 Å². The van der Waals surface area contributed by atoms with Gasteiger partial charge in [-0.15, -0.1) is 11.3 Å². The van der Waals surface area contributed by atoms with Gasteiger partial charge in [-0.1, -0.05) is 0 Å². The van der Waals surface area contributed by atoms with Crippen LogP contribution in [0.4, 0.5) is 5.69 Å². The molecule has 0 saturated carbocycles. The van der Waals surface area contributed by atoms with Crippen LogP contribution in [-0.2, 0) is 21.4 Å². The number of hydrogen-bond acceptors (Lipinski definition) is 5. The number of nitrogens with zero attached hydrogens (tertiary/aromatic N) is 2. The predicted octanol–water partition coefficient (Wildman–Crippen LogP) is 1.92. The number of aromatic nitrogens is 1. The zero-order valence-corrected chi connectivity index (χ0v) is 13.2. The molecule has 1 heterocycles. The lowest BCUT2D eigenvalue weighted by atomic mass is 10.3. The first kappa shape index (κ1) is 15.6. The third-order valence-corrected chi connectivity index (χ3v) is 5.31. The summed E-state index contributed by atoms with van der Waals surface area (Å²) >= 11 is 1.41. The van der Waals surface area contributed by atoms with Crippen molar-refractivity contribution in [2.45, 2.75) is 18.4 Å². The maximum absolute atomic E-state index is 12.4. The second-order valence-corrected chi connectivity index (χ2v) is 7.42. The smallest absolute Gasteiger partial charge is 0.243 e. The van der Waals surface area contributed by atoms with Crippen molar-refractivity contribution in [2.24, 2.45) is 0 Å². The number of rotatable bonds is 5. The Balaban J connectivity index is 2.16. The number of nitrogens with one attached hydrogen (secondary N) is 1. The minimum atomic E-state index is -3.57. The summed E-state index contributed by atoms with van der Waals surface area (Å²) in [5, 5.41) is 5.13. The molecule has 0 radical (unpaired) electrons. The molecule has 21 heavy (non-hydrogen) atoms. The molecule has 0 atom stereocenters. The quantitative estimate of drug-likeness (QED) is 0.911. The van der Waals surface area contributed by atoms with Gasteiger partial charge in [0, 0.05) is 31.2 Å². The Morgan fingerprint density at radius 1 is 1.33 bits per heavy atom. The van der Waals surface area contributed by atoms with Crippen LogP contribution >= 0.6 is 11.3 Å². The molecule has 0 aliphatic rings. The van der Waals surface area contributed by atoms with Crippen LogP contribution in [0.1, 0.15) is 11.9 Å². The third-order valence-electron chi connectivity index (χ3n) is 2.72. The van der Waals surface area contributed by atoms with Crippen LogP contribution in [0.5, 0.6) is 0 Å². The third kappa shape index (κ3) is 3.87. The van der Waals surface area contributed by atoms with Gasteiger partial charge in [-0.05, 0) is 24.3 Å². The molecule has 1 aromatic carbocycles. The highest BCUT2D eigenvalue weighted by molar-refractivity contribution is 7.89. The first-order chi connectivity index (χ1) is 9.89. The van der Waals surface area contributed by atoms with Gasteiger partial charge in [-0.2, -0.15) is 4.31 Å². The summed E-state index contributed by atoms with van der Waals surface area (Å²) < 4.78 is 26.1. The van der Waals surface area contributed by atoms with Crippen LogP contribution < -0.4 is 5.32 Å². The fourth-order valence-electron chi connectivity index (χ4n) is 1.70. The van der Waals surface area contributed by atoms with Gasteiger partial charge in [0.05, 0.1) is 11.4 Å². The van der Waals surface area contributed by atoms with Gasteiger partial charge in [-0.3, -0.25) is 4.79 Å². The Labute approximate surface area is 127 Å². The van der Waals surface area contributed by atoms with Gasteiger partial charge in [-0.25, -0.2) is 13.4 Å². The standard InChI is InChI=1S/C13H15N3O3S2/c1-10(17)15-11-3-5-12(6-4-11)21(18,19)16(2)9-13-14-7-8-20-13/h3-8H,9H2,1-2H3,(H,15,17). The molecule has 0 unspecified atom stereocenters. The first-order valence-electron chi connectivity index (χ1n) is 6.12. The molecule has 2 rings (SSSR count). The minimum absolute atomic E-state index is 0.177. The molecule has 112 valence electrons. The number of amides is 1. The number of anilines is 1. The molecule has 0 saturated heterocycles. The zero-order chi connectivity index (χ0) is 15.5. The molecule has 0 aliphatic heterocycles. The van der Waals surface area contributed by atoms with Gasteiger partial charge in [0.15, 0.2) is 0 Å². The second kappa shape index (κ2) is 6.33. The van der Waals surface area contributed by atoms with E-state index in [4.69, 9.17) is 0 Å². The average Bonchev–Trinajstić information content (AvgIpc) is 2.91. The predicted molar refractivity (Wildman–Crippen MR) is 81.5 cm³/mol. The van der Waals surface area contributed by atoms with Crippen molar-refractivity contribution in [2.75, 3.05) is 12.4 Å². The lowest BCUT2D eigenvalue weighted by molar-refractivity contribution is -0.114. The number of sulfonamides is 1. The maximum atomic E-state index is 12.4. The summed E-state index contributed by atoms with van der Waals surface area (Å²) in [5.74, 6) is -0.202. The minimum Gasteiger partial charge on any atom is -0.326 e. The Hall–Kier alpha value is -1.77. The average molecular weight is 325 g/mol. The van der Waals surface area contributed by atoms with Crippen molar-refractivity contribution < 1.29 is 13.2 Å². The monoisotopic (exact) mass is 325 g/mol. The van der Waals surface area contributed by atoms with E-state index in [1.165, 1.54) is 41.7 Å². The fourth-order valence-corrected chi connectivity index (χ4v) is 3.58. The van der Waals surface area contributed by atoms with E-state index in [2.05, 4.69) is 10.3 Å². The van der Waals surface area contributed by atoms with Gasteiger partial charge >= 0.3 is 0 Å². The molecule has 8 heteroatoms. The highest BCUT2D eigenvalue weighted by Gasteiger charge is 2.21. The van der Waals surface area contributed by atoms with Crippen LogP contribution in [0.25, 0.3) is 0 Å². The van der Waals surface area contributed by atoms with Crippen LogP contribution in [0.3, 0.4) is 0 Å². The summed E-state index contributed by atoms with van der Waals surface area (Å²) in [5.41, 5.74) is 0.559. The summed E-state index contributed by atoms with van der Waals surface area (Å²) in [4.78, 5) is 15.2. The van der Waals surface area contributed by atoms with Crippen LogP contribution in [0, 0.1) is 0 Å². The van der Waals surface area contributed by atoms with Crippen LogP contribution in [-0.4, -0.2) is 30.7 Å². The molecule has 1 aromatic heterocycles. The van der Waals surface area contributed by atoms with Crippen molar-refractivity contribution in [1.29, 1.82) is 0 Å². The molecule has 0 fully saturated rings. The topological polar surface area (TPSA) is 79.4 Å². The molecule has 2 aromatic rings. The molecule has 0 bridgehead atoms. The van der Waals surface area contributed by atoms with Gasteiger partial charge < -0.3 is 5.32 Å². The summed E-state index contributed by atoms with van der Waals surface area (Å²) in [6, 6.07) is 6.06. The van der Waals surface area contributed by atoms with Gasteiger partial charge in [0.1, 0.15) is 5.01 Å². The number of benzene rings is 1. The highest BCUT2D eigenvalue weighted by atomic mass is 32.2. The van der Waals surface area contributed by atoms with E-state index in [1.807, 2.05) is 0 Å². The van der Waals surface area contributed by atoms with Gasteiger partial charge in [0.2, 0.25) is 15.9 Å². The number of carbonyl (C=O) groups excluding carboxylic acids is 1. The second-order valence-electron chi connectivity index (χ2n) is 4.39. The number of hydrogen-bond donors (Lipinski definition) is 1. The fraction of sp³-hybridized carbons (Fsp3) is 0.231. The lowest BCUT2D eigenvalue weighted by Gasteiger charge is -2.16. The molecular weight excluding hydrogens is 310 g/mol. The Morgan fingerprint density at radius 3 is 2.52 bits per heavy atom. The highest BCUT2D eigenvalue weighted by Crippen LogP contribution is 2.19. The van der Waals surface area contributed by atoms with E-state index < -0.39 is 10.0 Å². The normalized spacial score (nSPS) is 11.6. The van der Waals surface area contributed by atoms with E-state index in [-0.39, 0.29) is 17.3 Å². The zero-order valence-electron chi connectivity index (χ0n) is 11.6. The van der Waals surface area contributed by atoms with E-state index >= 15 is 0 Å². The van der Waals surface area contributed by atoms with E-state index in [0.29, 0.717) is 5.69 Å². The van der Waals surface area contributed by atoms with Gasteiger partial charge in [0.25, 0.3) is 0 Å². The first-order valence-corrected chi connectivity index (χ1v) is 8.44. The molecule has 6 nitrogen and oxygen atoms in total. The number of thiazole rings is 1. The van der Waals surface area contributed by atoms with Crippen molar-refractivity contribution in [3.63, 3.8) is 0 Å².